The molecule has 0 amide bonds. The maximum absolute atomic E-state index is 6.35. The van der Waals surface area contributed by atoms with Crippen molar-refractivity contribution < 1.29 is 4.74 Å². The number of nitrogens with two attached hydrogens (primary N) is 1. The van der Waals surface area contributed by atoms with E-state index >= 15 is 0 Å². The fourth-order valence-corrected chi connectivity index (χ4v) is 2.75. The van der Waals surface area contributed by atoms with E-state index in [1.807, 2.05) is 19.1 Å². The predicted octanol–water partition coefficient (Wildman–Crippen LogP) is 3.46. The van der Waals surface area contributed by atoms with Crippen LogP contribution in [0, 0.1) is 12.8 Å². The molecular formula is C14H20ClNO. The number of hydrogen-bond acceptors (Lipinski definition) is 2. The van der Waals surface area contributed by atoms with Crippen molar-refractivity contribution in [1.82, 2.24) is 0 Å². The van der Waals surface area contributed by atoms with Gasteiger partial charge in [0.1, 0.15) is 0 Å². The van der Waals surface area contributed by atoms with Crippen molar-refractivity contribution in [2.45, 2.75) is 38.8 Å². The summed E-state index contributed by atoms with van der Waals surface area (Å²) in [5.74, 6) is 0.416. The van der Waals surface area contributed by atoms with Crippen molar-refractivity contribution in [1.29, 1.82) is 0 Å². The summed E-state index contributed by atoms with van der Waals surface area (Å²) >= 11 is 6.15. The van der Waals surface area contributed by atoms with Gasteiger partial charge in [0.15, 0.2) is 0 Å². The van der Waals surface area contributed by atoms with Crippen molar-refractivity contribution in [3.63, 3.8) is 0 Å². The van der Waals surface area contributed by atoms with Gasteiger partial charge in [0.25, 0.3) is 0 Å². The molecule has 94 valence electrons. The van der Waals surface area contributed by atoms with Crippen molar-refractivity contribution in [2.24, 2.45) is 11.7 Å². The first-order valence-corrected chi connectivity index (χ1v) is 6.64. The van der Waals surface area contributed by atoms with Gasteiger partial charge in [-0.3, -0.25) is 0 Å². The highest BCUT2D eigenvalue weighted by atomic mass is 35.5. The molecule has 3 atom stereocenters. The topological polar surface area (TPSA) is 35.2 Å². The SMILES string of the molecule is CCC1OCCC1C(N)c1ccc(C)c(Cl)c1. The molecule has 1 aliphatic rings. The van der Waals surface area contributed by atoms with E-state index in [1.165, 1.54) is 0 Å². The molecule has 1 saturated heterocycles. The van der Waals surface area contributed by atoms with Gasteiger partial charge in [-0.05, 0) is 37.0 Å². The second kappa shape index (κ2) is 5.38. The molecule has 1 aromatic carbocycles. The summed E-state index contributed by atoms with van der Waals surface area (Å²) in [6.45, 7) is 4.99. The molecule has 2 nitrogen and oxygen atoms in total. The number of ether oxygens (including phenoxy) is 1. The lowest BCUT2D eigenvalue weighted by atomic mass is 9.87. The highest BCUT2D eigenvalue weighted by Crippen LogP contribution is 2.34. The van der Waals surface area contributed by atoms with E-state index in [0.29, 0.717) is 12.0 Å². The van der Waals surface area contributed by atoms with E-state index in [4.69, 9.17) is 22.1 Å². The summed E-state index contributed by atoms with van der Waals surface area (Å²) in [4.78, 5) is 0. The van der Waals surface area contributed by atoms with Crippen LogP contribution in [-0.2, 0) is 4.74 Å². The molecule has 3 unspecified atom stereocenters. The van der Waals surface area contributed by atoms with E-state index in [1.54, 1.807) is 0 Å². The second-order valence-corrected chi connectivity index (χ2v) is 5.21. The molecule has 1 heterocycles. The number of aryl methyl sites for hydroxylation is 1. The van der Waals surface area contributed by atoms with Gasteiger partial charge in [-0.1, -0.05) is 30.7 Å². The van der Waals surface area contributed by atoms with Crippen LogP contribution in [-0.4, -0.2) is 12.7 Å². The Bertz CT molecular complexity index is 394. The van der Waals surface area contributed by atoms with E-state index in [2.05, 4.69) is 13.0 Å². The Morgan fingerprint density at radius 1 is 1.53 bits per heavy atom. The Balaban J connectivity index is 2.18. The average Bonchev–Trinajstić information content (AvgIpc) is 2.80. The summed E-state index contributed by atoms with van der Waals surface area (Å²) in [5, 5.41) is 0.796. The minimum Gasteiger partial charge on any atom is -0.378 e. The molecule has 1 fully saturated rings. The first kappa shape index (κ1) is 12.9. The first-order chi connectivity index (χ1) is 8.13. The smallest absolute Gasteiger partial charge is 0.0619 e. The Morgan fingerprint density at radius 3 is 2.94 bits per heavy atom. The lowest BCUT2D eigenvalue weighted by Gasteiger charge is -2.24. The summed E-state index contributed by atoms with van der Waals surface area (Å²) in [6.07, 6.45) is 2.37. The molecule has 0 aromatic heterocycles. The van der Waals surface area contributed by atoms with Crippen LogP contribution >= 0.6 is 11.6 Å². The Labute approximate surface area is 108 Å². The quantitative estimate of drug-likeness (QED) is 0.895. The molecule has 0 spiro atoms. The Hall–Kier alpha value is -0.570. The number of hydrogen-bond donors (Lipinski definition) is 1. The number of rotatable bonds is 3. The normalized spacial score (nSPS) is 26.1. The maximum atomic E-state index is 6.35. The van der Waals surface area contributed by atoms with Crippen molar-refractivity contribution >= 4 is 11.6 Å². The molecule has 0 aliphatic carbocycles. The summed E-state index contributed by atoms with van der Waals surface area (Å²) in [5.41, 5.74) is 8.56. The molecule has 0 bridgehead atoms. The molecule has 1 aromatic rings. The van der Waals surface area contributed by atoms with Crippen LogP contribution in [0.5, 0.6) is 0 Å². The molecule has 2 N–H and O–H groups in total. The van der Waals surface area contributed by atoms with Gasteiger partial charge in [-0.15, -0.1) is 0 Å². The highest BCUT2D eigenvalue weighted by Gasteiger charge is 2.32. The van der Waals surface area contributed by atoms with Gasteiger partial charge in [0, 0.05) is 23.6 Å². The Morgan fingerprint density at radius 2 is 2.29 bits per heavy atom. The molecule has 3 heteroatoms. The highest BCUT2D eigenvalue weighted by molar-refractivity contribution is 6.31. The van der Waals surface area contributed by atoms with Crippen LogP contribution in [0.15, 0.2) is 18.2 Å². The second-order valence-electron chi connectivity index (χ2n) is 4.80. The van der Waals surface area contributed by atoms with Crippen LogP contribution in [0.25, 0.3) is 0 Å². The fraction of sp³-hybridized carbons (Fsp3) is 0.571. The van der Waals surface area contributed by atoms with Crippen LogP contribution in [0.3, 0.4) is 0 Å². The van der Waals surface area contributed by atoms with Crippen molar-refractivity contribution in [2.75, 3.05) is 6.61 Å². The van der Waals surface area contributed by atoms with Crippen LogP contribution < -0.4 is 5.73 Å². The third kappa shape index (κ3) is 2.65. The number of halogens is 1. The number of benzene rings is 1. The fourth-order valence-electron chi connectivity index (χ4n) is 2.56. The zero-order valence-corrected chi connectivity index (χ0v) is 11.2. The maximum Gasteiger partial charge on any atom is 0.0619 e. The Kier molecular flexibility index (Phi) is 4.08. The zero-order chi connectivity index (χ0) is 12.4. The average molecular weight is 254 g/mol. The summed E-state index contributed by atoms with van der Waals surface area (Å²) in [7, 11) is 0. The van der Waals surface area contributed by atoms with Crippen LogP contribution in [0.4, 0.5) is 0 Å². The lowest BCUT2D eigenvalue weighted by molar-refractivity contribution is 0.0813. The van der Waals surface area contributed by atoms with Gasteiger partial charge < -0.3 is 10.5 Å². The zero-order valence-electron chi connectivity index (χ0n) is 10.4. The third-order valence-corrected chi connectivity index (χ3v) is 4.11. The van der Waals surface area contributed by atoms with E-state index in [0.717, 1.165) is 35.6 Å². The predicted molar refractivity (Wildman–Crippen MR) is 71.3 cm³/mol. The van der Waals surface area contributed by atoms with Crippen LogP contribution in [0.1, 0.15) is 36.9 Å². The molecular weight excluding hydrogens is 234 g/mol. The third-order valence-electron chi connectivity index (χ3n) is 3.71. The molecule has 17 heavy (non-hydrogen) atoms. The molecule has 0 radical (unpaired) electrons. The monoisotopic (exact) mass is 253 g/mol. The van der Waals surface area contributed by atoms with E-state index in [-0.39, 0.29) is 6.04 Å². The molecule has 1 aliphatic heterocycles. The van der Waals surface area contributed by atoms with Gasteiger partial charge in [-0.25, -0.2) is 0 Å². The standard InChI is InChI=1S/C14H20ClNO/c1-3-13-11(6-7-17-13)14(16)10-5-4-9(2)12(15)8-10/h4-5,8,11,13-14H,3,6-7,16H2,1-2H3. The summed E-state index contributed by atoms with van der Waals surface area (Å²) < 4.78 is 5.70. The molecule has 2 rings (SSSR count). The largest absolute Gasteiger partial charge is 0.378 e. The van der Waals surface area contributed by atoms with Gasteiger partial charge in [-0.2, -0.15) is 0 Å². The van der Waals surface area contributed by atoms with Crippen molar-refractivity contribution in [3.8, 4) is 0 Å². The van der Waals surface area contributed by atoms with Crippen molar-refractivity contribution in [3.05, 3.63) is 34.3 Å². The van der Waals surface area contributed by atoms with E-state index in [9.17, 15) is 0 Å². The van der Waals surface area contributed by atoms with Gasteiger partial charge in [0.05, 0.1) is 6.10 Å². The molecule has 0 saturated carbocycles. The van der Waals surface area contributed by atoms with Crippen LogP contribution in [0.2, 0.25) is 5.02 Å². The van der Waals surface area contributed by atoms with Gasteiger partial charge >= 0.3 is 0 Å². The van der Waals surface area contributed by atoms with E-state index < -0.39 is 0 Å². The minimum absolute atomic E-state index is 0.0283. The summed E-state index contributed by atoms with van der Waals surface area (Å²) in [6, 6.07) is 6.14. The van der Waals surface area contributed by atoms with Gasteiger partial charge in [0.2, 0.25) is 0 Å². The first-order valence-electron chi connectivity index (χ1n) is 6.26. The lowest BCUT2D eigenvalue weighted by Crippen LogP contribution is -2.28. The minimum atomic E-state index is 0.0283.